The molecule has 2 aliphatic carbocycles. The monoisotopic (exact) mass is 127 g/mol. The van der Waals surface area contributed by atoms with Crippen LogP contribution in [-0.4, -0.2) is 0 Å². The average molecular weight is 128 g/mol. The smallest absolute Gasteiger partial charge is 0.0490 e. The lowest BCUT2D eigenvalue weighted by atomic mass is 9.94. The number of halogens is 1. The maximum absolute atomic E-state index is 5.60. The van der Waals surface area contributed by atoms with Gasteiger partial charge in [0, 0.05) is 10.6 Å². The molecule has 0 heterocycles. The van der Waals surface area contributed by atoms with Crippen molar-refractivity contribution in [3.63, 3.8) is 0 Å². The molecule has 1 nitrogen and oxygen atoms in total. The second-order valence-electron chi connectivity index (χ2n) is 1.69. The maximum atomic E-state index is 5.60. The highest BCUT2D eigenvalue weighted by atomic mass is 35.5. The molecule has 0 bridgehead atoms. The molecule has 2 heteroatoms. The summed E-state index contributed by atoms with van der Waals surface area (Å²) in [5, 5.41) is 0.914. The van der Waals surface area contributed by atoms with E-state index in [0.717, 1.165) is 5.02 Å². The molecule has 0 unspecified atom stereocenters. The van der Waals surface area contributed by atoms with Crippen LogP contribution < -0.4 is 6.15 Å². The lowest BCUT2D eigenvalue weighted by molar-refractivity contribution is 1.55. The molecule has 0 atom stereocenters. The van der Waals surface area contributed by atoms with Crippen LogP contribution in [0.25, 0.3) is 11.1 Å². The SMILES string of the molecule is Clc1cc2ccc1-2.N. The summed E-state index contributed by atoms with van der Waals surface area (Å²) in [5.74, 6) is 0. The van der Waals surface area contributed by atoms with Crippen molar-refractivity contribution in [1.82, 2.24) is 6.15 Å². The Balaban J connectivity index is 0.000000320. The topological polar surface area (TPSA) is 35.0 Å². The molecule has 0 radical (unpaired) electrons. The molecular formula is C6H6ClN. The molecule has 0 amide bonds. The van der Waals surface area contributed by atoms with Crippen LogP contribution in [-0.2, 0) is 0 Å². The van der Waals surface area contributed by atoms with Crippen molar-refractivity contribution in [1.29, 1.82) is 0 Å². The van der Waals surface area contributed by atoms with Gasteiger partial charge in [-0.1, -0.05) is 23.7 Å². The van der Waals surface area contributed by atoms with E-state index in [2.05, 4.69) is 6.07 Å². The van der Waals surface area contributed by atoms with Gasteiger partial charge in [0.25, 0.3) is 0 Å². The van der Waals surface area contributed by atoms with Gasteiger partial charge in [0.2, 0.25) is 0 Å². The zero-order valence-corrected chi connectivity index (χ0v) is 5.07. The summed E-state index contributed by atoms with van der Waals surface area (Å²) < 4.78 is 0. The van der Waals surface area contributed by atoms with E-state index in [1.807, 2.05) is 12.1 Å². The number of hydrogen-bond acceptors (Lipinski definition) is 1. The van der Waals surface area contributed by atoms with Gasteiger partial charge in [0.15, 0.2) is 0 Å². The fourth-order valence-corrected chi connectivity index (χ4v) is 1.03. The molecule has 0 aromatic carbocycles. The first-order valence-corrected chi connectivity index (χ1v) is 2.55. The molecule has 0 spiro atoms. The van der Waals surface area contributed by atoms with Gasteiger partial charge in [-0.05, 0) is 11.6 Å². The van der Waals surface area contributed by atoms with Crippen LogP contribution >= 0.6 is 11.6 Å². The van der Waals surface area contributed by atoms with E-state index in [9.17, 15) is 0 Å². The Bertz CT molecular complexity index is 220. The molecule has 2 aliphatic rings. The third-order valence-corrected chi connectivity index (χ3v) is 1.59. The lowest BCUT2D eigenvalue weighted by Gasteiger charge is -2.15. The molecule has 0 fully saturated rings. The predicted molar refractivity (Wildman–Crippen MR) is 35.5 cm³/mol. The summed E-state index contributed by atoms with van der Waals surface area (Å²) in [5.41, 5.74) is 2.55. The van der Waals surface area contributed by atoms with E-state index < -0.39 is 0 Å². The summed E-state index contributed by atoms with van der Waals surface area (Å²) in [7, 11) is 0. The largest absolute Gasteiger partial charge is 0.344 e. The Morgan fingerprint density at radius 2 is 2.00 bits per heavy atom. The highest BCUT2D eigenvalue weighted by Crippen LogP contribution is 2.39. The van der Waals surface area contributed by atoms with Crippen molar-refractivity contribution in [2.75, 3.05) is 0 Å². The van der Waals surface area contributed by atoms with E-state index in [1.54, 1.807) is 0 Å². The van der Waals surface area contributed by atoms with Crippen LogP contribution in [0.5, 0.6) is 0 Å². The molecule has 0 aliphatic heterocycles. The minimum absolute atomic E-state index is 0. The maximum Gasteiger partial charge on any atom is 0.0490 e. The summed E-state index contributed by atoms with van der Waals surface area (Å²) in [6.45, 7) is 0. The Morgan fingerprint density at radius 1 is 1.25 bits per heavy atom. The first-order chi connectivity index (χ1) is 3.38. The van der Waals surface area contributed by atoms with Gasteiger partial charge in [-0.2, -0.15) is 0 Å². The number of rotatable bonds is 0. The molecule has 0 aromatic rings. The normalized spacial score (nSPS) is 10.1. The standard InChI is InChI=1S/C6H3Cl.H3N/c7-6-3-4-1-2-5(4)6;/h1-3H;1H3. The minimum Gasteiger partial charge on any atom is -0.344 e. The zero-order chi connectivity index (χ0) is 4.85. The number of fused-ring (bicyclic) bond motifs is 1. The zero-order valence-electron chi connectivity index (χ0n) is 4.32. The molecule has 0 saturated carbocycles. The average Bonchev–Trinajstić information content (AvgIpc) is 1.59. The number of benzene rings is 1. The molecule has 8 heavy (non-hydrogen) atoms. The van der Waals surface area contributed by atoms with Crippen molar-refractivity contribution in [3.8, 4) is 11.1 Å². The second-order valence-corrected chi connectivity index (χ2v) is 2.10. The van der Waals surface area contributed by atoms with Crippen LogP contribution in [0.3, 0.4) is 0 Å². The van der Waals surface area contributed by atoms with Gasteiger partial charge in [-0.25, -0.2) is 0 Å². The van der Waals surface area contributed by atoms with Crippen molar-refractivity contribution < 1.29 is 0 Å². The van der Waals surface area contributed by atoms with Gasteiger partial charge < -0.3 is 6.15 Å². The van der Waals surface area contributed by atoms with E-state index in [0.29, 0.717) is 0 Å². The van der Waals surface area contributed by atoms with Crippen molar-refractivity contribution in [2.45, 2.75) is 0 Å². The van der Waals surface area contributed by atoms with Gasteiger partial charge in [-0.15, -0.1) is 0 Å². The molecule has 0 aromatic heterocycles. The second kappa shape index (κ2) is 1.47. The van der Waals surface area contributed by atoms with E-state index in [-0.39, 0.29) is 6.15 Å². The first kappa shape index (κ1) is 5.60. The molecule has 3 N–H and O–H groups in total. The first-order valence-electron chi connectivity index (χ1n) is 2.18. The molecule has 0 saturated heterocycles. The third-order valence-electron chi connectivity index (χ3n) is 1.28. The van der Waals surface area contributed by atoms with Gasteiger partial charge in [-0.3, -0.25) is 0 Å². The summed E-state index contributed by atoms with van der Waals surface area (Å²) >= 11 is 5.60. The van der Waals surface area contributed by atoms with Crippen molar-refractivity contribution in [2.24, 2.45) is 0 Å². The molecular weight excluding hydrogens is 122 g/mol. The summed E-state index contributed by atoms with van der Waals surface area (Å²) in [6.07, 6.45) is 0. The van der Waals surface area contributed by atoms with Gasteiger partial charge >= 0.3 is 0 Å². The van der Waals surface area contributed by atoms with Crippen LogP contribution in [0.1, 0.15) is 0 Å². The fourth-order valence-electron chi connectivity index (χ4n) is 0.743. The van der Waals surface area contributed by atoms with E-state index in [4.69, 9.17) is 11.6 Å². The van der Waals surface area contributed by atoms with Crippen LogP contribution in [0.15, 0.2) is 18.2 Å². The quantitative estimate of drug-likeness (QED) is 0.580. The van der Waals surface area contributed by atoms with E-state index in [1.165, 1.54) is 11.1 Å². The Labute approximate surface area is 52.9 Å². The highest BCUT2D eigenvalue weighted by molar-refractivity contribution is 6.35. The number of hydrogen-bond donors (Lipinski definition) is 1. The van der Waals surface area contributed by atoms with Crippen molar-refractivity contribution >= 4 is 11.6 Å². The predicted octanol–water partition coefficient (Wildman–Crippen LogP) is 2.48. The minimum atomic E-state index is 0. The van der Waals surface area contributed by atoms with E-state index >= 15 is 0 Å². The van der Waals surface area contributed by atoms with Crippen LogP contribution in [0, 0.1) is 0 Å². The highest BCUT2D eigenvalue weighted by Gasteiger charge is 2.13. The fraction of sp³-hybridized carbons (Fsp3) is 0. The lowest BCUT2D eigenvalue weighted by Crippen LogP contribution is -1.89. The Kier molecular flexibility index (Phi) is 1.03. The Hall–Kier alpha value is -0.530. The Morgan fingerprint density at radius 3 is 2.00 bits per heavy atom. The summed E-state index contributed by atoms with van der Waals surface area (Å²) in [6, 6.07) is 6.05. The molecule has 42 valence electrons. The van der Waals surface area contributed by atoms with Gasteiger partial charge in [0.1, 0.15) is 0 Å². The summed E-state index contributed by atoms with van der Waals surface area (Å²) in [4.78, 5) is 0. The van der Waals surface area contributed by atoms with Crippen molar-refractivity contribution in [3.05, 3.63) is 23.2 Å². The van der Waals surface area contributed by atoms with Gasteiger partial charge in [0.05, 0.1) is 0 Å². The third kappa shape index (κ3) is 0.403. The molecule has 2 rings (SSSR count). The van der Waals surface area contributed by atoms with Crippen LogP contribution in [0.4, 0.5) is 0 Å². The van der Waals surface area contributed by atoms with Crippen LogP contribution in [0.2, 0.25) is 5.02 Å².